The average Bonchev–Trinajstić information content (AvgIpc) is 2.25. The molecular formula is C10H21N3O3. The molecule has 0 aromatic rings. The van der Waals surface area contributed by atoms with Gasteiger partial charge in [-0.25, -0.2) is 0 Å². The predicted octanol–water partition coefficient (Wildman–Crippen LogP) is -1.15. The van der Waals surface area contributed by atoms with Crippen molar-refractivity contribution >= 4 is 11.8 Å². The predicted molar refractivity (Wildman–Crippen MR) is 60.7 cm³/mol. The minimum atomic E-state index is -0.577. The maximum Gasteiger partial charge on any atom is 0.239 e. The fraction of sp³-hybridized carbons (Fsp3) is 0.800. The minimum Gasteiger partial charge on any atom is -0.383 e. The van der Waals surface area contributed by atoms with E-state index in [0.29, 0.717) is 13.2 Å². The van der Waals surface area contributed by atoms with Crippen molar-refractivity contribution in [1.29, 1.82) is 0 Å². The normalized spacial score (nSPS) is 12.3. The summed E-state index contributed by atoms with van der Waals surface area (Å²) < 4.78 is 4.77. The highest BCUT2D eigenvalue weighted by Crippen LogP contribution is 1.97. The van der Waals surface area contributed by atoms with E-state index >= 15 is 0 Å². The molecule has 0 aliphatic heterocycles. The molecule has 94 valence electrons. The molecule has 0 spiro atoms. The van der Waals surface area contributed by atoms with E-state index in [4.69, 9.17) is 10.5 Å². The van der Waals surface area contributed by atoms with Gasteiger partial charge in [-0.2, -0.15) is 0 Å². The molecule has 4 N–H and O–H groups in total. The van der Waals surface area contributed by atoms with E-state index in [9.17, 15) is 9.59 Å². The van der Waals surface area contributed by atoms with Crippen molar-refractivity contribution in [3.05, 3.63) is 0 Å². The van der Waals surface area contributed by atoms with Crippen LogP contribution in [0.5, 0.6) is 0 Å². The molecule has 6 heteroatoms. The van der Waals surface area contributed by atoms with Crippen molar-refractivity contribution in [2.75, 3.05) is 26.8 Å². The minimum absolute atomic E-state index is 0.0524. The number of hydrogen-bond acceptors (Lipinski definition) is 4. The molecule has 0 aromatic carbocycles. The first kappa shape index (κ1) is 14.9. The van der Waals surface area contributed by atoms with E-state index in [1.165, 1.54) is 0 Å². The van der Waals surface area contributed by atoms with Gasteiger partial charge in [0.15, 0.2) is 0 Å². The third-order valence-electron chi connectivity index (χ3n) is 2.07. The van der Waals surface area contributed by atoms with Gasteiger partial charge in [-0.1, -0.05) is 13.8 Å². The van der Waals surface area contributed by atoms with Crippen molar-refractivity contribution in [2.24, 2.45) is 11.7 Å². The van der Waals surface area contributed by atoms with Crippen LogP contribution in [0, 0.1) is 5.92 Å². The van der Waals surface area contributed by atoms with E-state index in [0.717, 1.165) is 0 Å². The van der Waals surface area contributed by atoms with Crippen molar-refractivity contribution in [1.82, 2.24) is 10.6 Å². The van der Waals surface area contributed by atoms with Crippen LogP contribution in [0.3, 0.4) is 0 Å². The monoisotopic (exact) mass is 231 g/mol. The summed E-state index contributed by atoms with van der Waals surface area (Å²) in [5.74, 6) is -0.505. The summed E-state index contributed by atoms with van der Waals surface area (Å²) in [6, 6.07) is -0.577. The van der Waals surface area contributed by atoms with E-state index in [2.05, 4.69) is 10.6 Å². The number of nitrogens with one attached hydrogen (secondary N) is 2. The van der Waals surface area contributed by atoms with Gasteiger partial charge in [0.2, 0.25) is 11.8 Å². The first-order chi connectivity index (χ1) is 7.49. The Morgan fingerprint density at radius 1 is 1.31 bits per heavy atom. The number of hydrogen-bond donors (Lipinski definition) is 3. The van der Waals surface area contributed by atoms with E-state index < -0.39 is 6.04 Å². The van der Waals surface area contributed by atoms with Crippen LogP contribution in [0.15, 0.2) is 0 Å². The van der Waals surface area contributed by atoms with Crippen LogP contribution in [0.4, 0.5) is 0 Å². The summed E-state index contributed by atoms with van der Waals surface area (Å²) in [7, 11) is 1.55. The number of amides is 2. The van der Waals surface area contributed by atoms with E-state index in [1.54, 1.807) is 7.11 Å². The van der Waals surface area contributed by atoms with Gasteiger partial charge in [0, 0.05) is 13.7 Å². The Morgan fingerprint density at radius 2 is 1.94 bits per heavy atom. The lowest BCUT2D eigenvalue weighted by Gasteiger charge is -2.15. The summed E-state index contributed by atoms with van der Waals surface area (Å²) in [6.07, 6.45) is 0. The topological polar surface area (TPSA) is 93.5 Å². The second-order valence-corrected chi connectivity index (χ2v) is 3.83. The van der Waals surface area contributed by atoms with E-state index in [1.807, 2.05) is 13.8 Å². The molecule has 16 heavy (non-hydrogen) atoms. The standard InChI is InChI=1S/C10H21N3O3/c1-7(2)9(11)10(15)13-6-8(14)12-4-5-16-3/h7,9H,4-6,11H2,1-3H3,(H,12,14)(H,13,15)/t9-/m1/s1. The zero-order valence-corrected chi connectivity index (χ0v) is 10.1. The number of methoxy groups -OCH3 is 1. The van der Waals surface area contributed by atoms with Crippen molar-refractivity contribution in [3.8, 4) is 0 Å². The highest BCUT2D eigenvalue weighted by atomic mass is 16.5. The van der Waals surface area contributed by atoms with Crippen LogP contribution in [-0.4, -0.2) is 44.7 Å². The van der Waals surface area contributed by atoms with Crippen LogP contribution in [-0.2, 0) is 14.3 Å². The van der Waals surface area contributed by atoms with Gasteiger partial charge in [-0.15, -0.1) is 0 Å². The lowest BCUT2D eigenvalue weighted by molar-refractivity contribution is -0.127. The van der Waals surface area contributed by atoms with Crippen LogP contribution in [0.25, 0.3) is 0 Å². The van der Waals surface area contributed by atoms with Crippen LogP contribution < -0.4 is 16.4 Å². The van der Waals surface area contributed by atoms with Crippen LogP contribution >= 0.6 is 0 Å². The molecule has 0 aliphatic rings. The Labute approximate surface area is 95.9 Å². The Balaban J connectivity index is 3.71. The number of ether oxygens (including phenoxy) is 1. The Kier molecular flexibility index (Phi) is 7.49. The third-order valence-corrected chi connectivity index (χ3v) is 2.07. The molecule has 0 saturated carbocycles. The van der Waals surface area contributed by atoms with Crippen molar-refractivity contribution in [2.45, 2.75) is 19.9 Å². The highest BCUT2D eigenvalue weighted by Gasteiger charge is 2.17. The zero-order chi connectivity index (χ0) is 12.6. The second-order valence-electron chi connectivity index (χ2n) is 3.83. The van der Waals surface area contributed by atoms with Gasteiger partial charge in [0.25, 0.3) is 0 Å². The van der Waals surface area contributed by atoms with Crippen LogP contribution in [0.1, 0.15) is 13.8 Å². The molecule has 0 unspecified atom stereocenters. The average molecular weight is 231 g/mol. The number of carbonyl (C=O) groups excluding carboxylic acids is 2. The van der Waals surface area contributed by atoms with Gasteiger partial charge in [0.1, 0.15) is 0 Å². The van der Waals surface area contributed by atoms with Gasteiger partial charge in [-0.3, -0.25) is 9.59 Å². The molecule has 1 atom stereocenters. The van der Waals surface area contributed by atoms with Gasteiger partial charge in [-0.05, 0) is 5.92 Å². The largest absolute Gasteiger partial charge is 0.383 e. The summed E-state index contributed by atoms with van der Waals surface area (Å²) in [4.78, 5) is 22.6. The first-order valence-corrected chi connectivity index (χ1v) is 5.28. The Hall–Kier alpha value is -1.14. The SMILES string of the molecule is COCCNC(=O)CNC(=O)[C@H](N)C(C)C. The zero-order valence-electron chi connectivity index (χ0n) is 10.1. The van der Waals surface area contributed by atoms with Crippen molar-refractivity contribution < 1.29 is 14.3 Å². The molecule has 0 fully saturated rings. The molecule has 0 heterocycles. The van der Waals surface area contributed by atoms with E-state index in [-0.39, 0.29) is 24.3 Å². The smallest absolute Gasteiger partial charge is 0.239 e. The third kappa shape index (κ3) is 6.36. The fourth-order valence-electron chi connectivity index (χ4n) is 0.943. The molecule has 0 bridgehead atoms. The summed E-state index contributed by atoms with van der Waals surface area (Å²) in [5, 5.41) is 5.06. The molecule has 0 radical (unpaired) electrons. The van der Waals surface area contributed by atoms with Gasteiger partial charge >= 0.3 is 0 Å². The number of carbonyl (C=O) groups is 2. The highest BCUT2D eigenvalue weighted by molar-refractivity contribution is 5.87. The summed E-state index contributed by atoms with van der Waals surface area (Å²) in [6.45, 7) is 4.53. The second kappa shape index (κ2) is 8.06. The lowest BCUT2D eigenvalue weighted by Crippen LogP contribution is -2.47. The summed E-state index contributed by atoms with van der Waals surface area (Å²) >= 11 is 0. The molecule has 2 amide bonds. The molecule has 0 aromatic heterocycles. The van der Waals surface area contributed by atoms with Crippen molar-refractivity contribution in [3.63, 3.8) is 0 Å². The molecule has 0 aliphatic carbocycles. The molecule has 0 saturated heterocycles. The summed E-state index contributed by atoms with van der Waals surface area (Å²) in [5.41, 5.74) is 5.60. The fourth-order valence-corrected chi connectivity index (χ4v) is 0.943. The van der Waals surface area contributed by atoms with Crippen LogP contribution in [0.2, 0.25) is 0 Å². The number of nitrogens with two attached hydrogens (primary N) is 1. The Morgan fingerprint density at radius 3 is 2.44 bits per heavy atom. The Bertz CT molecular complexity index is 231. The van der Waals surface area contributed by atoms with Gasteiger partial charge in [0.05, 0.1) is 19.2 Å². The quantitative estimate of drug-likeness (QED) is 0.482. The maximum absolute atomic E-state index is 11.4. The maximum atomic E-state index is 11.4. The molecular weight excluding hydrogens is 210 g/mol. The number of rotatable bonds is 7. The molecule has 6 nitrogen and oxygen atoms in total. The first-order valence-electron chi connectivity index (χ1n) is 5.28. The van der Waals surface area contributed by atoms with Gasteiger partial charge < -0.3 is 21.1 Å². The molecule has 0 rings (SSSR count). The lowest BCUT2D eigenvalue weighted by atomic mass is 10.1.